The minimum Gasteiger partial charge on any atom is -0.395 e. The molecule has 0 fully saturated rings. The van der Waals surface area contributed by atoms with E-state index in [4.69, 9.17) is 5.11 Å². The second kappa shape index (κ2) is 7.62. The van der Waals surface area contributed by atoms with Gasteiger partial charge in [-0.2, -0.15) is 0 Å². The number of hydrogen-bond acceptors (Lipinski definition) is 2. The van der Waals surface area contributed by atoms with Crippen LogP contribution >= 0.6 is 0 Å². The Morgan fingerprint density at radius 2 is 2.00 bits per heavy atom. The number of amides is 2. The lowest BCUT2D eigenvalue weighted by Crippen LogP contribution is -2.40. The number of rotatable bonds is 6. The van der Waals surface area contributed by atoms with E-state index in [9.17, 15) is 4.79 Å². The van der Waals surface area contributed by atoms with E-state index < -0.39 is 0 Å². The summed E-state index contributed by atoms with van der Waals surface area (Å²) in [6, 6.07) is -0.106. The Labute approximate surface area is 86.3 Å². The molecule has 2 N–H and O–H groups in total. The maximum absolute atomic E-state index is 11.4. The Bertz CT molecular complexity index is 158. The van der Waals surface area contributed by atoms with Crippen LogP contribution in [0.1, 0.15) is 26.7 Å². The van der Waals surface area contributed by atoms with E-state index in [0.29, 0.717) is 12.5 Å². The quantitative estimate of drug-likeness (QED) is 0.676. The number of nitrogens with zero attached hydrogens (tertiary/aromatic N) is 1. The number of hydrogen-bond donors (Lipinski definition) is 2. The molecule has 0 rings (SSSR count). The SMILES string of the molecule is CCC(CC)CNC(=O)N(C)CCO. The number of carbonyl (C=O) groups is 1. The lowest BCUT2D eigenvalue weighted by Gasteiger charge is -2.19. The van der Waals surface area contributed by atoms with Crippen LogP contribution in [0.3, 0.4) is 0 Å². The van der Waals surface area contributed by atoms with Crippen molar-refractivity contribution in [2.24, 2.45) is 5.92 Å². The third-order valence-electron chi connectivity index (χ3n) is 2.48. The summed E-state index contributed by atoms with van der Waals surface area (Å²) < 4.78 is 0. The van der Waals surface area contributed by atoms with Gasteiger partial charge in [-0.05, 0) is 5.92 Å². The summed E-state index contributed by atoms with van der Waals surface area (Å²) in [5, 5.41) is 11.5. The van der Waals surface area contributed by atoms with Crippen molar-refractivity contribution in [2.75, 3.05) is 26.7 Å². The van der Waals surface area contributed by atoms with Crippen molar-refractivity contribution in [1.82, 2.24) is 10.2 Å². The molecular weight excluding hydrogens is 180 g/mol. The molecule has 0 saturated carbocycles. The molecular formula is C10H22N2O2. The Morgan fingerprint density at radius 1 is 1.43 bits per heavy atom. The molecule has 14 heavy (non-hydrogen) atoms. The molecule has 0 aliphatic rings. The van der Waals surface area contributed by atoms with Crippen molar-refractivity contribution in [2.45, 2.75) is 26.7 Å². The molecule has 0 aromatic rings. The first kappa shape index (κ1) is 13.2. The van der Waals surface area contributed by atoms with Gasteiger partial charge in [-0.15, -0.1) is 0 Å². The normalized spacial score (nSPS) is 10.4. The van der Waals surface area contributed by atoms with E-state index in [1.165, 1.54) is 4.90 Å². The largest absolute Gasteiger partial charge is 0.395 e. The van der Waals surface area contributed by atoms with Gasteiger partial charge in [-0.25, -0.2) is 4.79 Å². The van der Waals surface area contributed by atoms with Crippen LogP contribution in [0.15, 0.2) is 0 Å². The Hall–Kier alpha value is -0.770. The molecule has 0 spiro atoms. The number of urea groups is 1. The zero-order valence-corrected chi connectivity index (χ0v) is 9.42. The highest BCUT2D eigenvalue weighted by Gasteiger charge is 2.09. The smallest absolute Gasteiger partial charge is 0.317 e. The molecule has 0 aliphatic heterocycles. The van der Waals surface area contributed by atoms with Crippen molar-refractivity contribution in [1.29, 1.82) is 0 Å². The van der Waals surface area contributed by atoms with Crippen LogP contribution in [0, 0.1) is 5.92 Å². The summed E-state index contributed by atoms with van der Waals surface area (Å²) >= 11 is 0. The lowest BCUT2D eigenvalue weighted by atomic mass is 10.0. The van der Waals surface area contributed by atoms with Crippen LogP contribution in [0.4, 0.5) is 4.79 Å². The number of likely N-dealkylation sites (N-methyl/N-ethyl adjacent to an activating group) is 1. The summed E-state index contributed by atoms with van der Waals surface area (Å²) in [6.07, 6.45) is 2.17. The van der Waals surface area contributed by atoms with E-state index in [0.717, 1.165) is 19.4 Å². The van der Waals surface area contributed by atoms with Crippen molar-refractivity contribution < 1.29 is 9.90 Å². The van der Waals surface area contributed by atoms with Crippen molar-refractivity contribution in [3.63, 3.8) is 0 Å². The topological polar surface area (TPSA) is 52.6 Å². The number of nitrogens with one attached hydrogen (secondary N) is 1. The summed E-state index contributed by atoms with van der Waals surface area (Å²) in [5.74, 6) is 0.557. The van der Waals surface area contributed by atoms with Gasteiger partial charge in [0.1, 0.15) is 0 Å². The molecule has 2 amide bonds. The van der Waals surface area contributed by atoms with Crippen LogP contribution in [0.2, 0.25) is 0 Å². The second-order valence-corrected chi connectivity index (χ2v) is 3.51. The average Bonchev–Trinajstić information content (AvgIpc) is 2.19. The minimum absolute atomic E-state index is 0.00883. The van der Waals surface area contributed by atoms with E-state index in [1.807, 2.05) is 0 Å². The number of aliphatic hydroxyl groups excluding tert-OH is 1. The maximum atomic E-state index is 11.4. The monoisotopic (exact) mass is 202 g/mol. The first-order chi connectivity index (χ1) is 6.65. The first-order valence-corrected chi connectivity index (χ1v) is 5.25. The highest BCUT2D eigenvalue weighted by atomic mass is 16.3. The minimum atomic E-state index is -0.106. The van der Waals surface area contributed by atoms with Crippen LogP contribution in [0.5, 0.6) is 0 Å². The van der Waals surface area contributed by atoms with Crippen LogP contribution < -0.4 is 5.32 Å². The Morgan fingerprint density at radius 3 is 2.43 bits per heavy atom. The third kappa shape index (κ3) is 5.07. The van der Waals surface area contributed by atoms with E-state index in [2.05, 4.69) is 19.2 Å². The van der Waals surface area contributed by atoms with E-state index in [-0.39, 0.29) is 12.6 Å². The molecule has 84 valence electrons. The van der Waals surface area contributed by atoms with Gasteiger partial charge in [-0.3, -0.25) is 0 Å². The van der Waals surface area contributed by atoms with Gasteiger partial charge in [0, 0.05) is 20.1 Å². The van der Waals surface area contributed by atoms with Gasteiger partial charge in [0.2, 0.25) is 0 Å². The molecule has 0 aromatic heterocycles. The van der Waals surface area contributed by atoms with Crippen molar-refractivity contribution >= 4 is 6.03 Å². The zero-order chi connectivity index (χ0) is 11.0. The van der Waals surface area contributed by atoms with Gasteiger partial charge in [0.15, 0.2) is 0 Å². The van der Waals surface area contributed by atoms with E-state index in [1.54, 1.807) is 7.05 Å². The average molecular weight is 202 g/mol. The van der Waals surface area contributed by atoms with Gasteiger partial charge < -0.3 is 15.3 Å². The molecule has 0 bridgehead atoms. The van der Waals surface area contributed by atoms with Gasteiger partial charge >= 0.3 is 6.03 Å². The highest BCUT2D eigenvalue weighted by molar-refractivity contribution is 5.73. The number of aliphatic hydroxyl groups is 1. The van der Waals surface area contributed by atoms with Crippen molar-refractivity contribution in [3.8, 4) is 0 Å². The molecule has 0 saturated heterocycles. The second-order valence-electron chi connectivity index (χ2n) is 3.51. The summed E-state index contributed by atoms with van der Waals surface area (Å²) in [7, 11) is 1.68. The fraction of sp³-hybridized carbons (Fsp3) is 0.900. The fourth-order valence-corrected chi connectivity index (χ4v) is 1.20. The molecule has 0 aromatic carbocycles. The molecule has 0 atom stereocenters. The maximum Gasteiger partial charge on any atom is 0.317 e. The summed E-state index contributed by atoms with van der Waals surface area (Å²) in [4.78, 5) is 12.9. The molecule has 0 heterocycles. The predicted octanol–water partition coefficient (Wildman–Crippen LogP) is 1.06. The zero-order valence-electron chi connectivity index (χ0n) is 9.42. The Balaban J connectivity index is 3.71. The van der Waals surface area contributed by atoms with Gasteiger partial charge in [0.05, 0.1) is 6.61 Å². The van der Waals surface area contributed by atoms with E-state index >= 15 is 0 Å². The third-order valence-corrected chi connectivity index (χ3v) is 2.48. The Kier molecular flexibility index (Phi) is 7.20. The molecule has 4 nitrogen and oxygen atoms in total. The van der Waals surface area contributed by atoms with Crippen molar-refractivity contribution in [3.05, 3.63) is 0 Å². The number of carbonyl (C=O) groups excluding carboxylic acids is 1. The summed E-state index contributed by atoms with van der Waals surface area (Å²) in [5.41, 5.74) is 0. The van der Waals surface area contributed by atoms with Crippen LogP contribution in [-0.4, -0.2) is 42.8 Å². The standard InChI is InChI=1S/C10H22N2O2/c1-4-9(5-2)8-11-10(14)12(3)6-7-13/h9,13H,4-8H2,1-3H3,(H,11,14). The molecule has 0 aliphatic carbocycles. The highest BCUT2D eigenvalue weighted by Crippen LogP contribution is 2.05. The van der Waals surface area contributed by atoms with Gasteiger partial charge in [0.25, 0.3) is 0 Å². The summed E-state index contributed by atoms with van der Waals surface area (Å²) in [6.45, 7) is 5.36. The first-order valence-electron chi connectivity index (χ1n) is 5.25. The van der Waals surface area contributed by atoms with Crippen LogP contribution in [0.25, 0.3) is 0 Å². The molecule has 4 heteroatoms. The lowest BCUT2D eigenvalue weighted by molar-refractivity contribution is 0.188. The molecule has 0 radical (unpaired) electrons. The predicted molar refractivity (Wildman–Crippen MR) is 57.2 cm³/mol. The van der Waals surface area contributed by atoms with Gasteiger partial charge in [-0.1, -0.05) is 26.7 Å². The fourth-order valence-electron chi connectivity index (χ4n) is 1.20. The van der Waals surface area contributed by atoms with Crippen LogP contribution in [-0.2, 0) is 0 Å². The molecule has 0 unspecified atom stereocenters.